The van der Waals surface area contributed by atoms with Crippen molar-refractivity contribution >= 4 is 15.9 Å². The summed E-state index contributed by atoms with van der Waals surface area (Å²) in [7, 11) is 0. The number of hydrogen-bond donors (Lipinski definition) is 0. The number of halogens is 3. The molecule has 2 aromatic rings. The van der Waals surface area contributed by atoms with Gasteiger partial charge in [-0.25, -0.2) is 0 Å². The summed E-state index contributed by atoms with van der Waals surface area (Å²) in [6, 6.07) is 11.7. The standard InChI is InChI=1S/C13H7BrF2/c14-8-5-6-10-9-3-1-2-4-11(9)13(15,16)12(10)7-8/h1-7H. The number of rotatable bonds is 0. The lowest BCUT2D eigenvalue weighted by molar-refractivity contribution is 0.0479. The third-order valence-electron chi connectivity index (χ3n) is 2.88. The summed E-state index contributed by atoms with van der Waals surface area (Å²) in [5.41, 5.74) is 1.45. The van der Waals surface area contributed by atoms with Crippen LogP contribution in [0, 0.1) is 0 Å². The normalized spacial score (nSPS) is 15.7. The zero-order valence-electron chi connectivity index (χ0n) is 8.18. The molecular weight excluding hydrogens is 274 g/mol. The summed E-state index contributed by atoms with van der Waals surface area (Å²) in [4.78, 5) is 0. The van der Waals surface area contributed by atoms with E-state index in [-0.39, 0.29) is 11.1 Å². The van der Waals surface area contributed by atoms with E-state index >= 15 is 0 Å². The first-order valence-electron chi connectivity index (χ1n) is 4.88. The van der Waals surface area contributed by atoms with E-state index in [1.165, 1.54) is 12.1 Å². The van der Waals surface area contributed by atoms with Crippen molar-refractivity contribution in [3.05, 3.63) is 58.1 Å². The summed E-state index contributed by atoms with van der Waals surface area (Å²) in [6.45, 7) is 0. The molecule has 80 valence electrons. The zero-order valence-corrected chi connectivity index (χ0v) is 9.76. The average molecular weight is 281 g/mol. The highest BCUT2D eigenvalue weighted by Crippen LogP contribution is 2.51. The number of benzene rings is 2. The van der Waals surface area contributed by atoms with Crippen molar-refractivity contribution in [3.63, 3.8) is 0 Å². The Morgan fingerprint density at radius 3 is 2.38 bits per heavy atom. The van der Waals surface area contributed by atoms with E-state index in [9.17, 15) is 8.78 Å². The molecule has 0 heterocycles. The molecule has 0 atom stereocenters. The van der Waals surface area contributed by atoms with Crippen LogP contribution in [-0.4, -0.2) is 0 Å². The maximum Gasteiger partial charge on any atom is 0.299 e. The first-order valence-corrected chi connectivity index (χ1v) is 5.68. The third-order valence-corrected chi connectivity index (χ3v) is 3.37. The van der Waals surface area contributed by atoms with Gasteiger partial charge in [-0.1, -0.05) is 46.3 Å². The van der Waals surface area contributed by atoms with Crippen LogP contribution >= 0.6 is 15.9 Å². The Morgan fingerprint density at radius 2 is 1.56 bits per heavy atom. The molecule has 3 heteroatoms. The fraction of sp³-hybridized carbons (Fsp3) is 0.0769. The van der Waals surface area contributed by atoms with Gasteiger partial charge in [0.15, 0.2) is 0 Å². The molecule has 0 aromatic heterocycles. The summed E-state index contributed by atoms with van der Waals surface area (Å²) < 4.78 is 28.9. The Bertz CT molecular complexity index is 576. The summed E-state index contributed by atoms with van der Waals surface area (Å²) in [5.74, 6) is -2.88. The van der Waals surface area contributed by atoms with Crippen LogP contribution in [0.4, 0.5) is 8.78 Å². The second-order valence-corrected chi connectivity index (χ2v) is 4.73. The smallest absolute Gasteiger partial charge is 0.196 e. The minimum atomic E-state index is -2.88. The molecule has 16 heavy (non-hydrogen) atoms. The Kier molecular flexibility index (Phi) is 1.96. The second-order valence-electron chi connectivity index (χ2n) is 3.81. The third kappa shape index (κ3) is 1.18. The fourth-order valence-corrected chi connectivity index (χ4v) is 2.51. The highest BCUT2D eigenvalue weighted by atomic mass is 79.9. The minimum absolute atomic E-state index is 0.0862. The van der Waals surface area contributed by atoms with Crippen molar-refractivity contribution in [1.82, 2.24) is 0 Å². The Balaban J connectivity index is 2.39. The van der Waals surface area contributed by atoms with E-state index in [1.54, 1.807) is 30.3 Å². The molecule has 0 unspecified atom stereocenters. The van der Waals surface area contributed by atoms with Crippen molar-refractivity contribution in [1.29, 1.82) is 0 Å². The maximum atomic E-state index is 14.1. The molecule has 1 aliphatic carbocycles. The largest absolute Gasteiger partial charge is 0.299 e. The summed E-state index contributed by atoms with van der Waals surface area (Å²) in [5, 5.41) is 0. The molecule has 0 saturated heterocycles. The van der Waals surface area contributed by atoms with Crippen molar-refractivity contribution < 1.29 is 8.78 Å². The molecule has 0 radical (unpaired) electrons. The molecule has 0 bridgehead atoms. The summed E-state index contributed by atoms with van der Waals surface area (Å²) in [6.07, 6.45) is 0. The van der Waals surface area contributed by atoms with Gasteiger partial charge in [0, 0.05) is 15.6 Å². The van der Waals surface area contributed by atoms with Crippen molar-refractivity contribution in [2.24, 2.45) is 0 Å². The fourth-order valence-electron chi connectivity index (χ4n) is 2.15. The van der Waals surface area contributed by atoms with Crippen molar-refractivity contribution in [2.75, 3.05) is 0 Å². The van der Waals surface area contributed by atoms with Gasteiger partial charge in [0.1, 0.15) is 0 Å². The van der Waals surface area contributed by atoms with Crippen LogP contribution in [0.25, 0.3) is 11.1 Å². The first-order chi connectivity index (χ1) is 7.60. The van der Waals surface area contributed by atoms with Gasteiger partial charge in [-0.15, -0.1) is 0 Å². The molecule has 0 N–H and O–H groups in total. The van der Waals surface area contributed by atoms with Crippen LogP contribution in [0.2, 0.25) is 0 Å². The number of alkyl halides is 2. The van der Waals surface area contributed by atoms with Gasteiger partial charge in [-0.3, -0.25) is 0 Å². The SMILES string of the molecule is FC1(F)c2ccccc2-c2ccc(Br)cc21. The van der Waals surface area contributed by atoms with Crippen LogP contribution in [0.5, 0.6) is 0 Å². The van der Waals surface area contributed by atoms with Gasteiger partial charge >= 0.3 is 0 Å². The predicted molar refractivity (Wildman–Crippen MR) is 62.6 cm³/mol. The molecule has 3 rings (SSSR count). The lowest BCUT2D eigenvalue weighted by Gasteiger charge is -2.11. The molecule has 0 amide bonds. The average Bonchev–Trinajstić information content (AvgIpc) is 2.49. The first kappa shape index (κ1) is 9.97. The Hall–Kier alpha value is -1.22. The van der Waals surface area contributed by atoms with E-state index in [0.717, 1.165) is 0 Å². The van der Waals surface area contributed by atoms with Crippen LogP contribution in [0.15, 0.2) is 46.9 Å². The highest BCUT2D eigenvalue weighted by Gasteiger charge is 2.43. The van der Waals surface area contributed by atoms with Gasteiger partial charge in [0.2, 0.25) is 0 Å². The number of hydrogen-bond acceptors (Lipinski definition) is 0. The molecule has 0 spiro atoms. The van der Waals surface area contributed by atoms with E-state index in [2.05, 4.69) is 15.9 Å². The molecule has 0 saturated carbocycles. The highest BCUT2D eigenvalue weighted by molar-refractivity contribution is 9.10. The van der Waals surface area contributed by atoms with E-state index in [4.69, 9.17) is 0 Å². The van der Waals surface area contributed by atoms with Crippen molar-refractivity contribution in [2.45, 2.75) is 5.92 Å². The van der Waals surface area contributed by atoms with Gasteiger partial charge in [0.05, 0.1) is 0 Å². The van der Waals surface area contributed by atoms with Crippen LogP contribution in [-0.2, 0) is 5.92 Å². The molecule has 2 aromatic carbocycles. The van der Waals surface area contributed by atoms with Gasteiger partial charge in [-0.05, 0) is 23.3 Å². The van der Waals surface area contributed by atoms with E-state index in [1.807, 2.05) is 0 Å². The molecular formula is C13H7BrF2. The number of fused-ring (bicyclic) bond motifs is 3. The maximum absolute atomic E-state index is 14.1. The zero-order chi connectivity index (χ0) is 11.3. The van der Waals surface area contributed by atoms with Crippen LogP contribution in [0.1, 0.15) is 11.1 Å². The van der Waals surface area contributed by atoms with E-state index < -0.39 is 5.92 Å². The van der Waals surface area contributed by atoms with Crippen LogP contribution in [0.3, 0.4) is 0 Å². The molecule has 0 fully saturated rings. The monoisotopic (exact) mass is 280 g/mol. The molecule has 0 nitrogen and oxygen atoms in total. The van der Waals surface area contributed by atoms with Gasteiger partial charge in [0.25, 0.3) is 5.92 Å². The minimum Gasteiger partial charge on any atom is -0.196 e. The lowest BCUT2D eigenvalue weighted by atomic mass is 10.1. The topological polar surface area (TPSA) is 0 Å². The Labute approximate surface area is 100 Å². The molecule has 1 aliphatic rings. The quantitative estimate of drug-likeness (QED) is 0.663. The molecule has 0 aliphatic heterocycles. The Morgan fingerprint density at radius 1 is 0.875 bits per heavy atom. The van der Waals surface area contributed by atoms with Gasteiger partial charge < -0.3 is 0 Å². The summed E-state index contributed by atoms with van der Waals surface area (Å²) >= 11 is 3.23. The van der Waals surface area contributed by atoms with E-state index in [0.29, 0.717) is 15.6 Å². The van der Waals surface area contributed by atoms with Crippen molar-refractivity contribution in [3.8, 4) is 11.1 Å². The van der Waals surface area contributed by atoms with Gasteiger partial charge in [-0.2, -0.15) is 8.78 Å². The second kappa shape index (κ2) is 3.14. The lowest BCUT2D eigenvalue weighted by Crippen LogP contribution is -2.10. The predicted octanol–water partition coefficient (Wildman–Crippen LogP) is 4.57. The van der Waals surface area contributed by atoms with Crippen LogP contribution < -0.4 is 0 Å².